The molecule has 26 heavy (non-hydrogen) atoms. The van der Waals surface area contributed by atoms with Gasteiger partial charge in [0.25, 0.3) is 5.91 Å². The third kappa shape index (κ3) is 2.76. The molecule has 0 spiro atoms. The summed E-state index contributed by atoms with van der Waals surface area (Å²) in [6.07, 6.45) is 0. The van der Waals surface area contributed by atoms with Crippen molar-refractivity contribution in [3.63, 3.8) is 0 Å². The van der Waals surface area contributed by atoms with Gasteiger partial charge in [0.2, 0.25) is 5.91 Å². The Balaban J connectivity index is 1.78. The van der Waals surface area contributed by atoms with E-state index in [1.807, 2.05) is 0 Å². The van der Waals surface area contributed by atoms with Gasteiger partial charge in [-0.15, -0.1) is 11.8 Å². The highest BCUT2D eigenvalue weighted by Crippen LogP contribution is 2.54. The Kier molecular flexibility index (Phi) is 4.49. The molecule has 2 aliphatic heterocycles. The van der Waals surface area contributed by atoms with Crippen LogP contribution in [-0.2, 0) is 14.4 Å². The monoisotopic (exact) mass is 397 g/mol. The number of thioether (sulfide) groups is 1. The van der Waals surface area contributed by atoms with Gasteiger partial charge in [-0.2, -0.15) is 0 Å². The molecule has 1 aromatic rings. The summed E-state index contributed by atoms with van der Waals surface area (Å²) in [7, 11) is 0. The van der Waals surface area contributed by atoms with Crippen LogP contribution < -0.4 is 11.1 Å². The van der Waals surface area contributed by atoms with Gasteiger partial charge in [-0.05, 0) is 38.5 Å². The van der Waals surface area contributed by atoms with Crippen LogP contribution in [0.3, 0.4) is 0 Å². The Morgan fingerprint density at radius 2 is 1.88 bits per heavy atom. The first-order valence-corrected chi connectivity index (χ1v) is 9.31. The quantitative estimate of drug-likeness (QED) is 0.661. The SMILES string of the molecule is CC1(C)S[C@H]2N(C(=O)C2(C)NC(=O)C(N)c2ccc(Cl)cc2)[C@H]1C(=O)O. The number of hydrogen-bond acceptors (Lipinski definition) is 5. The van der Waals surface area contributed by atoms with Crippen LogP contribution in [0.1, 0.15) is 32.4 Å². The summed E-state index contributed by atoms with van der Waals surface area (Å²) >= 11 is 7.21. The zero-order chi connectivity index (χ0) is 19.4. The highest BCUT2D eigenvalue weighted by Gasteiger charge is 2.70. The van der Waals surface area contributed by atoms with Crippen LogP contribution in [0, 0.1) is 0 Å². The van der Waals surface area contributed by atoms with Crippen molar-refractivity contribution in [1.29, 1.82) is 0 Å². The van der Waals surface area contributed by atoms with Gasteiger partial charge in [-0.25, -0.2) is 4.79 Å². The Bertz CT molecular complexity index is 785. The summed E-state index contributed by atoms with van der Waals surface area (Å²) in [5.41, 5.74) is 5.39. The third-order valence-corrected chi connectivity index (χ3v) is 6.91. The van der Waals surface area contributed by atoms with Gasteiger partial charge in [0, 0.05) is 9.77 Å². The van der Waals surface area contributed by atoms with E-state index in [4.69, 9.17) is 17.3 Å². The van der Waals surface area contributed by atoms with Crippen molar-refractivity contribution in [1.82, 2.24) is 10.2 Å². The first-order valence-electron chi connectivity index (χ1n) is 8.05. The van der Waals surface area contributed by atoms with Crippen molar-refractivity contribution < 1.29 is 19.5 Å². The van der Waals surface area contributed by atoms with E-state index in [0.717, 1.165) is 0 Å². The molecule has 2 saturated heterocycles. The number of β-lactam (4-membered cyclic amide) rings is 1. The first-order chi connectivity index (χ1) is 12.0. The lowest BCUT2D eigenvalue weighted by molar-refractivity contribution is -0.168. The van der Waals surface area contributed by atoms with Crippen molar-refractivity contribution in [2.45, 2.75) is 48.5 Å². The average molecular weight is 398 g/mol. The molecule has 2 aliphatic rings. The fourth-order valence-electron chi connectivity index (χ4n) is 3.49. The van der Waals surface area contributed by atoms with Gasteiger partial charge in [0.1, 0.15) is 23.0 Å². The van der Waals surface area contributed by atoms with Crippen LogP contribution in [0.25, 0.3) is 0 Å². The predicted octanol–water partition coefficient (Wildman–Crippen LogP) is 1.36. The fourth-order valence-corrected chi connectivity index (χ4v) is 5.26. The zero-order valence-corrected chi connectivity index (χ0v) is 16.1. The Hall–Kier alpha value is -1.77. The van der Waals surface area contributed by atoms with Gasteiger partial charge in [0.05, 0.1) is 0 Å². The van der Waals surface area contributed by atoms with Gasteiger partial charge < -0.3 is 21.1 Å². The molecule has 2 amide bonds. The third-order valence-electron chi connectivity index (χ3n) is 4.91. The number of fused-ring (bicyclic) bond motifs is 1. The van der Waals surface area contributed by atoms with Gasteiger partial charge in [-0.1, -0.05) is 23.7 Å². The minimum absolute atomic E-state index is 0.412. The Labute approximate surface area is 160 Å². The molecule has 7 nitrogen and oxygen atoms in total. The van der Waals surface area contributed by atoms with E-state index in [9.17, 15) is 19.5 Å². The van der Waals surface area contributed by atoms with E-state index < -0.39 is 45.5 Å². The average Bonchev–Trinajstić information content (AvgIpc) is 2.84. The molecule has 2 heterocycles. The molecular formula is C17H20ClN3O4S. The normalized spacial score (nSPS) is 30.3. The van der Waals surface area contributed by atoms with Gasteiger partial charge in [-0.3, -0.25) is 9.59 Å². The number of rotatable bonds is 4. The zero-order valence-electron chi connectivity index (χ0n) is 14.5. The van der Waals surface area contributed by atoms with Gasteiger partial charge >= 0.3 is 5.97 Å². The molecule has 2 fully saturated rings. The van der Waals surface area contributed by atoms with Crippen molar-refractivity contribution in [3.05, 3.63) is 34.9 Å². The molecule has 4 N–H and O–H groups in total. The van der Waals surface area contributed by atoms with E-state index in [1.165, 1.54) is 16.7 Å². The molecule has 9 heteroatoms. The number of nitrogens with zero attached hydrogens (tertiary/aromatic N) is 1. The summed E-state index contributed by atoms with van der Waals surface area (Å²) in [5, 5.41) is 12.3. The molecular weight excluding hydrogens is 378 g/mol. The highest BCUT2D eigenvalue weighted by molar-refractivity contribution is 8.01. The lowest BCUT2D eigenvalue weighted by Crippen LogP contribution is -2.78. The first kappa shape index (κ1) is 19.0. The molecule has 2 unspecified atom stereocenters. The lowest BCUT2D eigenvalue weighted by Gasteiger charge is -2.51. The largest absolute Gasteiger partial charge is 0.480 e. The number of carboxylic acids is 1. The topological polar surface area (TPSA) is 113 Å². The second kappa shape index (κ2) is 6.14. The number of amides is 2. The molecule has 0 saturated carbocycles. The summed E-state index contributed by atoms with van der Waals surface area (Å²) in [6, 6.07) is 4.68. The number of hydrogen-bond donors (Lipinski definition) is 3. The maximum absolute atomic E-state index is 12.7. The van der Waals surface area contributed by atoms with E-state index in [0.29, 0.717) is 10.6 Å². The maximum Gasteiger partial charge on any atom is 0.327 e. The van der Waals surface area contributed by atoms with Crippen LogP contribution in [0.2, 0.25) is 5.02 Å². The molecule has 4 atom stereocenters. The van der Waals surface area contributed by atoms with Crippen molar-refractivity contribution in [2.24, 2.45) is 5.73 Å². The standard InChI is InChI=1S/C17H20ClN3O4S/c1-16(2)11(13(23)24)21-14(25)17(3,15(21)26-16)20-12(22)10(19)8-4-6-9(18)7-5-8/h4-7,10-11,15H,19H2,1-3H3,(H,20,22)(H,23,24)/t10?,11-,15+,17?/m0/s1. The van der Waals surface area contributed by atoms with Crippen LogP contribution in [-0.4, -0.2) is 49.5 Å². The molecule has 3 rings (SSSR count). The molecule has 140 valence electrons. The van der Waals surface area contributed by atoms with E-state index in [2.05, 4.69) is 5.32 Å². The van der Waals surface area contributed by atoms with Gasteiger partial charge in [0.15, 0.2) is 0 Å². The molecule has 0 radical (unpaired) electrons. The maximum atomic E-state index is 12.7. The van der Waals surface area contributed by atoms with Crippen molar-refractivity contribution in [2.75, 3.05) is 0 Å². The summed E-state index contributed by atoms with van der Waals surface area (Å²) in [4.78, 5) is 38.2. The van der Waals surface area contributed by atoms with Crippen LogP contribution in [0.4, 0.5) is 0 Å². The number of carboxylic acid groups (broad SMARTS) is 1. The van der Waals surface area contributed by atoms with Crippen molar-refractivity contribution >= 4 is 41.1 Å². The molecule has 0 aromatic heterocycles. The minimum atomic E-state index is -1.19. The molecule has 0 aliphatic carbocycles. The van der Waals surface area contributed by atoms with E-state index in [1.54, 1.807) is 45.0 Å². The minimum Gasteiger partial charge on any atom is -0.480 e. The van der Waals surface area contributed by atoms with Crippen LogP contribution in [0.15, 0.2) is 24.3 Å². The fraction of sp³-hybridized carbons (Fsp3) is 0.471. The number of aliphatic carboxylic acids is 1. The molecule has 0 bridgehead atoms. The van der Waals surface area contributed by atoms with E-state index in [-0.39, 0.29) is 0 Å². The number of benzene rings is 1. The predicted molar refractivity (Wildman–Crippen MR) is 98.7 cm³/mol. The number of carbonyl (C=O) groups excluding carboxylic acids is 2. The number of nitrogens with two attached hydrogens (primary N) is 1. The van der Waals surface area contributed by atoms with Crippen LogP contribution >= 0.6 is 23.4 Å². The second-order valence-electron chi connectivity index (χ2n) is 7.25. The summed E-state index contributed by atoms with van der Waals surface area (Å²) in [5.74, 6) is -1.96. The number of halogens is 1. The highest BCUT2D eigenvalue weighted by atomic mass is 35.5. The smallest absolute Gasteiger partial charge is 0.327 e. The van der Waals surface area contributed by atoms with E-state index >= 15 is 0 Å². The Morgan fingerprint density at radius 1 is 1.31 bits per heavy atom. The molecule has 1 aromatic carbocycles. The van der Waals surface area contributed by atoms with Crippen molar-refractivity contribution in [3.8, 4) is 0 Å². The number of carbonyl (C=O) groups is 3. The number of nitrogens with one attached hydrogen (secondary N) is 1. The summed E-state index contributed by atoms with van der Waals surface area (Å²) in [6.45, 7) is 5.17. The van der Waals surface area contributed by atoms with Crippen LogP contribution in [0.5, 0.6) is 0 Å². The second-order valence-corrected chi connectivity index (χ2v) is 9.42. The lowest BCUT2D eigenvalue weighted by atomic mass is 9.85. The summed E-state index contributed by atoms with van der Waals surface area (Å²) < 4.78 is -0.660. The Morgan fingerprint density at radius 3 is 2.42 bits per heavy atom.